The van der Waals surface area contributed by atoms with Crippen molar-refractivity contribution in [3.8, 4) is 0 Å². The Balaban J connectivity index is 2.40. The van der Waals surface area contributed by atoms with E-state index in [-0.39, 0.29) is 11.8 Å². The molecule has 2 N–H and O–H groups in total. The Morgan fingerprint density at radius 1 is 1.12 bits per heavy atom. The molecule has 0 radical (unpaired) electrons. The zero-order valence-electron chi connectivity index (χ0n) is 9.95. The quantitative estimate of drug-likeness (QED) is 0.726. The van der Waals surface area contributed by atoms with Gasteiger partial charge in [-0.1, -0.05) is 0 Å². The Hall–Kier alpha value is -1.10. The van der Waals surface area contributed by atoms with Gasteiger partial charge in [-0.25, -0.2) is 0 Å². The lowest BCUT2D eigenvalue weighted by molar-refractivity contribution is -0.132. The van der Waals surface area contributed by atoms with Crippen LogP contribution in [0, 0.1) is 0 Å². The second kappa shape index (κ2) is 6.48. The number of carbonyl (C=O) groups excluding carboxylic acids is 2. The first kappa shape index (κ1) is 13.0. The molecule has 16 heavy (non-hydrogen) atoms. The fourth-order valence-electron chi connectivity index (χ4n) is 1.89. The summed E-state index contributed by atoms with van der Waals surface area (Å²) in [6.45, 7) is 4.96. The molecule has 0 aromatic heterocycles. The van der Waals surface area contributed by atoms with Gasteiger partial charge in [-0.15, -0.1) is 0 Å². The van der Waals surface area contributed by atoms with E-state index in [0.717, 1.165) is 25.9 Å². The molecule has 1 aliphatic heterocycles. The first-order chi connectivity index (χ1) is 7.65. The first-order valence-corrected chi connectivity index (χ1v) is 5.88. The minimum Gasteiger partial charge on any atom is -0.341 e. The molecule has 92 valence electrons. The zero-order chi connectivity index (χ0) is 12.0. The molecule has 2 amide bonds. The van der Waals surface area contributed by atoms with Gasteiger partial charge in [-0.05, 0) is 19.4 Å². The molecule has 0 spiro atoms. The lowest BCUT2D eigenvalue weighted by Gasteiger charge is -2.21. The van der Waals surface area contributed by atoms with Crippen LogP contribution >= 0.6 is 0 Å². The van der Waals surface area contributed by atoms with Crippen molar-refractivity contribution in [2.75, 3.05) is 32.7 Å². The number of nitrogens with zero attached hydrogens (tertiary/aromatic N) is 2. The highest BCUT2D eigenvalue weighted by Gasteiger charge is 2.19. The summed E-state index contributed by atoms with van der Waals surface area (Å²) >= 11 is 0. The van der Waals surface area contributed by atoms with Gasteiger partial charge in [0.2, 0.25) is 11.8 Å². The van der Waals surface area contributed by atoms with Crippen LogP contribution < -0.4 is 5.73 Å². The smallest absolute Gasteiger partial charge is 0.222 e. The van der Waals surface area contributed by atoms with Crippen molar-refractivity contribution >= 4 is 11.8 Å². The van der Waals surface area contributed by atoms with Crippen LogP contribution in [-0.2, 0) is 9.59 Å². The maximum atomic E-state index is 11.8. The van der Waals surface area contributed by atoms with E-state index in [0.29, 0.717) is 26.1 Å². The van der Waals surface area contributed by atoms with Gasteiger partial charge in [0.25, 0.3) is 0 Å². The third kappa shape index (κ3) is 3.81. The summed E-state index contributed by atoms with van der Waals surface area (Å²) in [6.07, 6.45) is 2.14. The first-order valence-electron chi connectivity index (χ1n) is 5.88. The Morgan fingerprint density at radius 2 is 1.75 bits per heavy atom. The average Bonchev–Trinajstić information content (AvgIpc) is 2.51. The third-order valence-corrected chi connectivity index (χ3v) is 2.89. The largest absolute Gasteiger partial charge is 0.341 e. The number of rotatable bonds is 3. The maximum absolute atomic E-state index is 11.8. The Kier molecular flexibility index (Phi) is 5.25. The molecule has 1 rings (SSSR count). The molecule has 0 aromatic carbocycles. The molecule has 0 saturated carbocycles. The second-order valence-electron chi connectivity index (χ2n) is 4.13. The van der Waals surface area contributed by atoms with Crippen molar-refractivity contribution in [1.29, 1.82) is 0 Å². The number of amides is 2. The SMILES string of the molecule is CC(=O)N1CCCN(C(=O)CCCN)CC1. The molecule has 1 fully saturated rings. The van der Waals surface area contributed by atoms with Crippen LogP contribution in [0.1, 0.15) is 26.2 Å². The number of hydrogen-bond acceptors (Lipinski definition) is 3. The molecule has 0 unspecified atom stereocenters. The predicted octanol–water partition coefficient (Wildman–Crippen LogP) is -0.194. The lowest BCUT2D eigenvalue weighted by Crippen LogP contribution is -2.36. The Morgan fingerprint density at radius 3 is 2.38 bits per heavy atom. The van der Waals surface area contributed by atoms with E-state index >= 15 is 0 Å². The predicted molar refractivity (Wildman–Crippen MR) is 61.7 cm³/mol. The summed E-state index contributed by atoms with van der Waals surface area (Å²) < 4.78 is 0. The maximum Gasteiger partial charge on any atom is 0.222 e. The van der Waals surface area contributed by atoms with Crippen molar-refractivity contribution in [2.45, 2.75) is 26.2 Å². The summed E-state index contributed by atoms with van der Waals surface area (Å²) in [7, 11) is 0. The van der Waals surface area contributed by atoms with Gasteiger partial charge >= 0.3 is 0 Å². The molecule has 1 aliphatic rings. The van der Waals surface area contributed by atoms with Gasteiger partial charge in [0.05, 0.1) is 0 Å². The van der Waals surface area contributed by atoms with Gasteiger partial charge in [-0.3, -0.25) is 9.59 Å². The molecule has 0 aliphatic carbocycles. The third-order valence-electron chi connectivity index (χ3n) is 2.89. The van der Waals surface area contributed by atoms with Gasteiger partial charge in [0, 0.05) is 39.5 Å². The van der Waals surface area contributed by atoms with Gasteiger partial charge in [0.1, 0.15) is 0 Å². The average molecular weight is 227 g/mol. The number of hydrogen-bond donors (Lipinski definition) is 1. The topological polar surface area (TPSA) is 66.6 Å². The highest BCUT2D eigenvalue weighted by Crippen LogP contribution is 2.06. The van der Waals surface area contributed by atoms with E-state index < -0.39 is 0 Å². The van der Waals surface area contributed by atoms with Gasteiger partial charge < -0.3 is 15.5 Å². The van der Waals surface area contributed by atoms with Crippen LogP contribution in [0.5, 0.6) is 0 Å². The minimum atomic E-state index is 0.0938. The molecule has 0 bridgehead atoms. The monoisotopic (exact) mass is 227 g/mol. The van der Waals surface area contributed by atoms with Crippen LogP contribution in [0.15, 0.2) is 0 Å². The molecular formula is C11H21N3O2. The van der Waals surface area contributed by atoms with Crippen LogP contribution in [-0.4, -0.2) is 54.3 Å². The molecule has 0 aromatic rings. The Bertz CT molecular complexity index is 256. The highest BCUT2D eigenvalue weighted by molar-refractivity contribution is 5.76. The van der Waals surface area contributed by atoms with E-state index in [2.05, 4.69) is 0 Å². The molecule has 0 atom stereocenters. The van der Waals surface area contributed by atoms with Gasteiger partial charge in [-0.2, -0.15) is 0 Å². The van der Waals surface area contributed by atoms with Crippen LogP contribution in [0.4, 0.5) is 0 Å². The van der Waals surface area contributed by atoms with E-state index in [1.807, 2.05) is 4.90 Å². The lowest BCUT2D eigenvalue weighted by atomic mass is 10.2. The summed E-state index contributed by atoms with van der Waals surface area (Å²) in [5, 5.41) is 0. The summed E-state index contributed by atoms with van der Waals surface area (Å²) in [5.41, 5.74) is 5.38. The van der Waals surface area contributed by atoms with E-state index in [9.17, 15) is 9.59 Å². The molecule has 5 nitrogen and oxygen atoms in total. The minimum absolute atomic E-state index is 0.0938. The molecule has 1 heterocycles. The van der Waals surface area contributed by atoms with Crippen LogP contribution in [0.2, 0.25) is 0 Å². The summed E-state index contributed by atoms with van der Waals surface area (Å²) in [6, 6.07) is 0. The summed E-state index contributed by atoms with van der Waals surface area (Å²) in [4.78, 5) is 26.6. The molecule has 1 saturated heterocycles. The van der Waals surface area contributed by atoms with Crippen molar-refractivity contribution in [3.05, 3.63) is 0 Å². The standard InChI is InChI=1S/C11H21N3O2/c1-10(15)13-6-3-7-14(9-8-13)11(16)4-2-5-12/h2-9,12H2,1H3. The number of nitrogens with two attached hydrogens (primary N) is 1. The molecular weight excluding hydrogens is 206 g/mol. The van der Waals surface area contributed by atoms with E-state index in [1.54, 1.807) is 11.8 Å². The van der Waals surface area contributed by atoms with Gasteiger partial charge in [0.15, 0.2) is 0 Å². The van der Waals surface area contributed by atoms with Crippen molar-refractivity contribution in [2.24, 2.45) is 5.73 Å². The van der Waals surface area contributed by atoms with Crippen molar-refractivity contribution in [1.82, 2.24) is 9.80 Å². The molecule has 5 heteroatoms. The number of carbonyl (C=O) groups is 2. The normalized spacial score (nSPS) is 17.1. The summed E-state index contributed by atoms with van der Waals surface area (Å²) in [5.74, 6) is 0.257. The van der Waals surface area contributed by atoms with Crippen molar-refractivity contribution < 1.29 is 9.59 Å². The van der Waals surface area contributed by atoms with E-state index in [4.69, 9.17) is 5.73 Å². The van der Waals surface area contributed by atoms with Crippen LogP contribution in [0.3, 0.4) is 0 Å². The fourth-order valence-corrected chi connectivity index (χ4v) is 1.89. The highest BCUT2D eigenvalue weighted by atomic mass is 16.2. The van der Waals surface area contributed by atoms with Crippen molar-refractivity contribution in [3.63, 3.8) is 0 Å². The second-order valence-corrected chi connectivity index (χ2v) is 4.13. The zero-order valence-corrected chi connectivity index (χ0v) is 9.95. The van der Waals surface area contributed by atoms with Crippen LogP contribution in [0.25, 0.3) is 0 Å². The Labute approximate surface area is 96.6 Å². The van der Waals surface area contributed by atoms with E-state index in [1.165, 1.54) is 0 Å². The fraction of sp³-hybridized carbons (Fsp3) is 0.818.